The minimum Gasteiger partial charge on any atom is -0.387 e. The molecule has 0 atom stereocenters. The van der Waals surface area contributed by atoms with Gasteiger partial charge in [-0.05, 0) is 37.0 Å². The van der Waals surface area contributed by atoms with Gasteiger partial charge in [-0.1, -0.05) is 38.3 Å². The molecule has 17 heavy (non-hydrogen) atoms. The normalized spacial score (nSPS) is 18.3. The molecule has 1 aromatic carbocycles. The lowest BCUT2D eigenvalue weighted by molar-refractivity contribution is 0.437. The smallest absolute Gasteiger partial charge is 0.103 e. The molecule has 2 nitrogen and oxygen atoms in total. The molecule has 0 saturated heterocycles. The maximum Gasteiger partial charge on any atom is 0.103 e. The van der Waals surface area contributed by atoms with Gasteiger partial charge >= 0.3 is 0 Å². The summed E-state index contributed by atoms with van der Waals surface area (Å²) in [6, 6.07) is 8.37. The van der Waals surface area contributed by atoms with Gasteiger partial charge in [0, 0.05) is 5.92 Å². The van der Waals surface area contributed by atoms with E-state index in [2.05, 4.69) is 30.1 Å². The molecule has 1 aromatic rings. The van der Waals surface area contributed by atoms with Crippen molar-refractivity contribution in [3.63, 3.8) is 0 Å². The molecular formula is C15H22N2. The van der Waals surface area contributed by atoms with Crippen molar-refractivity contribution in [2.45, 2.75) is 45.4 Å². The summed E-state index contributed by atoms with van der Waals surface area (Å²) in [5.41, 5.74) is 8.45. The van der Waals surface area contributed by atoms with Gasteiger partial charge in [0.15, 0.2) is 0 Å². The van der Waals surface area contributed by atoms with Crippen molar-refractivity contribution >= 4 is 11.5 Å². The number of hydrogen-bond acceptors (Lipinski definition) is 1. The van der Waals surface area contributed by atoms with Crippen LogP contribution in [0.15, 0.2) is 29.3 Å². The number of nitrogens with two attached hydrogens (primary N) is 1. The highest BCUT2D eigenvalue weighted by molar-refractivity contribution is 5.85. The third kappa shape index (κ3) is 3.32. The highest BCUT2D eigenvalue weighted by Crippen LogP contribution is 2.25. The zero-order valence-corrected chi connectivity index (χ0v) is 10.7. The van der Waals surface area contributed by atoms with E-state index in [4.69, 9.17) is 5.73 Å². The predicted octanol–water partition coefficient (Wildman–Crippen LogP) is 3.82. The van der Waals surface area contributed by atoms with Crippen LogP contribution in [0.25, 0.3) is 0 Å². The van der Waals surface area contributed by atoms with Crippen molar-refractivity contribution in [3.8, 4) is 0 Å². The van der Waals surface area contributed by atoms with Crippen LogP contribution in [0.3, 0.4) is 0 Å². The van der Waals surface area contributed by atoms with Gasteiger partial charge in [0.1, 0.15) is 5.84 Å². The Hall–Kier alpha value is -1.31. The van der Waals surface area contributed by atoms with Crippen molar-refractivity contribution in [1.29, 1.82) is 0 Å². The molecule has 0 heterocycles. The van der Waals surface area contributed by atoms with Crippen LogP contribution in [0, 0.1) is 5.92 Å². The fourth-order valence-corrected chi connectivity index (χ4v) is 2.48. The monoisotopic (exact) mass is 230 g/mol. The van der Waals surface area contributed by atoms with Crippen LogP contribution in [-0.4, -0.2) is 5.84 Å². The summed E-state index contributed by atoms with van der Waals surface area (Å²) >= 11 is 0. The first kappa shape index (κ1) is 12.2. The van der Waals surface area contributed by atoms with E-state index in [-0.39, 0.29) is 0 Å². The number of benzene rings is 1. The minimum absolute atomic E-state index is 0.508. The Morgan fingerprint density at radius 3 is 2.76 bits per heavy atom. The first-order valence-electron chi connectivity index (χ1n) is 6.72. The van der Waals surface area contributed by atoms with Gasteiger partial charge in [-0.15, -0.1) is 0 Å². The van der Waals surface area contributed by atoms with Crippen molar-refractivity contribution in [2.75, 3.05) is 0 Å². The molecule has 2 N–H and O–H groups in total. The molecule has 0 radical (unpaired) electrons. The molecule has 1 aliphatic rings. The lowest BCUT2D eigenvalue weighted by Gasteiger charge is -2.20. The van der Waals surface area contributed by atoms with E-state index in [1.54, 1.807) is 0 Å². The van der Waals surface area contributed by atoms with Crippen molar-refractivity contribution in [2.24, 2.45) is 16.6 Å². The summed E-state index contributed by atoms with van der Waals surface area (Å²) in [6.07, 6.45) is 7.43. The maximum atomic E-state index is 6.12. The third-order valence-corrected chi connectivity index (χ3v) is 3.60. The predicted molar refractivity (Wildman–Crippen MR) is 73.7 cm³/mol. The standard InChI is InChI=1S/C15H22N2/c1-2-12-7-6-10-14(11-12)17-15(16)13-8-4-3-5-9-13/h6-7,10-11,13H,2-5,8-9H2,1H3,(H2,16,17). The van der Waals surface area contributed by atoms with Gasteiger partial charge in [0.25, 0.3) is 0 Å². The number of aliphatic imine (C=N–C) groups is 1. The quantitative estimate of drug-likeness (QED) is 0.622. The van der Waals surface area contributed by atoms with Crippen molar-refractivity contribution in [3.05, 3.63) is 29.8 Å². The molecule has 0 spiro atoms. The Morgan fingerprint density at radius 1 is 1.29 bits per heavy atom. The lowest BCUT2D eigenvalue weighted by Crippen LogP contribution is -2.25. The molecule has 0 aliphatic heterocycles. The zero-order chi connectivity index (χ0) is 12.1. The van der Waals surface area contributed by atoms with E-state index in [0.717, 1.165) is 17.9 Å². The third-order valence-electron chi connectivity index (χ3n) is 3.60. The molecule has 0 unspecified atom stereocenters. The summed E-state index contributed by atoms with van der Waals surface area (Å²) in [5, 5.41) is 0. The van der Waals surface area contributed by atoms with Crippen LogP contribution in [0.1, 0.15) is 44.6 Å². The molecule has 92 valence electrons. The Bertz CT molecular complexity index is 390. The average molecular weight is 230 g/mol. The Labute approximate surface area is 104 Å². The van der Waals surface area contributed by atoms with Crippen LogP contribution in [0.4, 0.5) is 5.69 Å². The number of hydrogen-bond donors (Lipinski definition) is 1. The molecule has 1 fully saturated rings. The molecule has 1 saturated carbocycles. The Kier molecular flexibility index (Phi) is 4.18. The topological polar surface area (TPSA) is 38.4 Å². The number of nitrogens with zero attached hydrogens (tertiary/aromatic N) is 1. The second kappa shape index (κ2) is 5.85. The van der Waals surface area contributed by atoms with Crippen LogP contribution in [0.2, 0.25) is 0 Å². The summed E-state index contributed by atoms with van der Waals surface area (Å²) in [7, 11) is 0. The fourth-order valence-electron chi connectivity index (χ4n) is 2.48. The summed E-state index contributed by atoms with van der Waals surface area (Å²) < 4.78 is 0. The average Bonchev–Trinajstić information content (AvgIpc) is 2.40. The number of aryl methyl sites for hydroxylation is 1. The molecule has 0 aromatic heterocycles. The summed E-state index contributed by atoms with van der Waals surface area (Å²) in [6.45, 7) is 2.16. The first-order valence-corrected chi connectivity index (χ1v) is 6.72. The Morgan fingerprint density at radius 2 is 2.06 bits per heavy atom. The zero-order valence-electron chi connectivity index (χ0n) is 10.7. The SMILES string of the molecule is CCc1cccc(N=C(N)C2CCCCC2)c1. The second-order valence-corrected chi connectivity index (χ2v) is 4.90. The van der Waals surface area contributed by atoms with Gasteiger partial charge < -0.3 is 5.73 Å². The molecule has 2 rings (SSSR count). The second-order valence-electron chi connectivity index (χ2n) is 4.90. The van der Waals surface area contributed by atoms with Gasteiger partial charge in [-0.2, -0.15) is 0 Å². The van der Waals surface area contributed by atoms with Crippen LogP contribution < -0.4 is 5.73 Å². The summed E-state index contributed by atoms with van der Waals surface area (Å²) in [4.78, 5) is 4.59. The number of amidine groups is 1. The molecular weight excluding hydrogens is 208 g/mol. The van der Waals surface area contributed by atoms with Gasteiger partial charge in [-0.3, -0.25) is 0 Å². The molecule has 0 bridgehead atoms. The first-order chi connectivity index (χ1) is 8.29. The minimum atomic E-state index is 0.508. The van der Waals surface area contributed by atoms with Gasteiger partial charge in [-0.25, -0.2) is 4.99 Å². The van der Waals surface area contributed by atoms with Gasteiger partial charge in [0.2, 0.25) is 0 Å². The highest BCUT2D eigenvalue weighted by Gasteiger charge is 2.16. The summed E-state index contributed by atoms with van der Waals surface area (Å²) in [5.74, 6) is 1.34. The van der Waals surface area contributed by atoms with Crippen LogP contribution >= 0.6 is 0 Å². The van der Waals surface area contributed by atoms with E-state index >= 15 is 0 Å². The van der Waals surface area contributed by atoms with Crippen molar-refractivity contribution in [1.82, 2.24) is 0 Å². The molecule has 0 amide bonds. The van der Waals surface area contributed by atoms with Crippen LogP contribution in [-0.2, 0) is 6.42 Å². The molecule has 2 heteroatoms. The fraction of sp³-hybridized carbons (Fsp3) is 0.533. The van der Waals surface area contributed by atoms with E-state index in [1.165, 1.54) is 37.7 Å². The van der Waals surface area contributed by atoms with Crippen molar-refractivity contribution < 1.29 is 0 Å². The largest absolute Gasteiger partial charge is 0.387 e. The number of rotatable bonds is 3. The van der Waals surface area contributed by atoms with E-state index in [9.17, 15) is 0 Å². The highest BCUT2D eigenvalue weighted by atomic mass is 14.9. The van der Waals surface area contributed by atoms with E-state index in [1.807, 2.05) is 6.07 Å². The lowest BCUT2D eigenvalue weighted by atomic mass is 9.88. The van der Waals surface area contributed by atoms with Crippen LogP contribution in [0.5, 0.6) is 0 Å². The Balaban J connectivity index is 2.10. The van der Waals surface area contributed by atoms with Gasteiger partial charge in [0.05, 0.1) is 5.69 Å². The van der Waals surface area contributed by atoms with E-state index < -0.39 is 0 Å². The van der Waals surface area contributed by atoms with E-state index in [0.29, 0.717) is 5.92 Å². The maximum absolute atomic E-state index is 6.12. The molecule has 1 aliphatic carbocycles.